The minimum Gasteiger partial charge on any atom is -0.481 e. The summed E-state index contributed by atoms with van der Waals surface area (Å²) in [7, 11) is 0. The average Bonchev–Trinajstić information content (AvgIpc) is 1.84. The maximum atomic E-state index is 10.6. The monoisotopic (exact) mass is 228 g/mol. The van der Waals surface area contributed by atoms with Crippen molar-refractivity contribution in [1.82, 2.24) is 0 Å². The van der Waals surface area contributed by atoms with Crippen LogP contribution in [-0.4, -0.2) is 11.1 Å². The van der Waals surface area contributed by atoms with Crippen molar-refractivity contribution in [2.24, 2.45) is 5.92 Å². The molecular weight excluding hydrogens is 211 g/mol. The highest BCUT2D eigenvalue weighted by Gasteiger charge is 2.17. The number of carboxylic acids is 1. The Balaban J connectivity index is 0. The molecule has 0 aromatic rings. The zero-order valence-electron chi connectivity index (χ0n) is 7.70. The van der Waals surface area contributed by atoms with E-state index in [0.717, 1.165) is 25.7 Å². The first-order chi connectivity index (χ1) is 5.30. The predicted molar refractivity (Wildman–Crippen MR) is 57.9 cm³/mol. The van der Waals surface area contributed by atoms with E-state index >= 15 is 0 Å². The summed E-state index contributed by atoms with van der Waals surface area (Å²) < 4.78 is 0. The molecule has 0 heterocycles. The van der Waals surface area contributed by atoms with Crippen LogP contribution in [-0.2, 0) is 4.79 Å². The number of hydrogen-bond acceptors (Lipinski definition) is 1. The van der Waals surface area contributed by atoms with Crippen LogP contribution in [0.15, 0.2) is 0 Å². The highest BCUT2D eigenvalue weighted by atomic mass is 35.5. The lowest BCUT2D eigenvalue weighted by Crippen LogP contribution is -2.14. The van der Waals surface area contributed by atoms with Crippen LogP contribution >= 0.6 is 24.8 Å². The first-order valence-electron chi connectivity index (χ1n) is 4.53. The molecule has 0 saturated heterocycles. The number of aliphatic carboxylic acids is 1. The van der Waals surface area contributed by atoms with Crippen molar-refractivity contribution in [3.05, 3.63) is 0 Å². The Morgan fingerprint density at radius 1 is 0.923 bits per heavy atom. The Hall–Kier alpha value is 0.0500. The molecule has 1 fully saturated rings. The second kappa shape index (κ2) is 8.64. The molecule has 1 N–H and O–H groups in total. The molecule has 0 aromatic carbocycles. The average molecular weight is 229 g/mol. The van der Waals surface area contributed by atoms with Crippen LogP contribution in [0.2, 0.25) is 0 Å². The molecule has 1 aliphatic rings. The second-order valence-electron chi connectivity index (χ2n) is 3.38. The summed E-state index contributed by atoms with van der Waals surface area (Å²) in [4.78, 5) is 10.6. The van der Waals surface area contributed by atoms with E-state index in [4.69, 9.17) is 5.11 Å². The van der Waals surface area contributed by atoms with Crippen molar-refractivity contribution in [2.75, 3.05) is 0 Å². The Morgan fingerprint density at radius 3 is 1.69 bits per heavy atom. The highest BCUT2D eigenvalue weighted by molar-refractivity contribution is 5.85. The van der Waals surface area contributed by atoms with Gasteiger partial charge in [-0.1, -0.05) is 32.1 Å². The quantitative estimate of drug-likeness (QED) is 0.749. The molecule has 0 spiro atoms. The third kappa shape index (κ3) is 6.17. The molecule has 4 heteroatoms. The molecule has 0 aliphatic heterocycles. The Morgan fingerprint density at radius 2 is 1.31 bits per heavy atom. The molecule has 0 radical (unpaired) electrons. The van der Waals surface area contributed by atoms with E-state index in [2.05, 4.69) is 0 Å². The lowest BCUT2D eigenvalue weighted by Gasteiger charge is -2.14. The number of rotatable bonds is 1. The summed E-state index contributed by atoms with van der Waals surface area (Å²) in [6.07, 6.45) is 7.76. The van der Waals surface area contributed by atoms with Gasteiger partial charge in [0.2, 0.25) is 0 Å². The second-order valence-corrected chi connectivity index (χ2v) is 3.38. The van der Waals surface area contributed by atoms with Gasteiger partial charge in [0.25, 0.3) is 0 Å². The molecule has 0 bridgehead atoms. The summed E-state index contributed by atoms with van der Waals surface area (Å²) in [5.74, 6) is -0.637. The van der Waals surface area contributed by atoms with E-state index in [9.17, 15) is 4.79 Å². The van der Waals surface area contributed by atoms with Gasteiger partial charge in [-0.25, -0.2) is 0 Å². The summed E-state index contributed by atoms with van der Waals surface area (Å²) in [6, 6.07) is 0. The van der Waals surface area contributed by atoms with Gasteiger partial charge < -0.3 is 5.11 Å². The number of halogens is 2. The Kier molecular flexibility index (Phi) is 10.3. The summed E-state index contributed by atoms with van der Waals surface area (Å²) in [6.45, 7) is 0. The number of hydrogen-bond donors (Lipinski definition) is 1. The van der Waals surface area contributed by atoms with Gasteiger partial charge in [-0.05, 0) is 12.8 Å². The molecular formula is C9H18Cl2O2. The first kappa shape index (κ1) is 15.5. The van der Waals surface area contributed by atoms with Crippen LogP contribution in [0.3, 0.4) is 0 Å². The minimum absolute atomic E-state index is 0. The zero-order valence-corrected chi connectivity index (χ0v) is 9.33. The standard InChI is InChI=1S/C9H16O2.2ClH/c10-9(11)8-6-4-2-1-3-5-7-8;;/h8H,1-7H2,(H,10,11);2*1H. The van der Waals surface area contributed by atoms with Crippen LogP contribution in [0, 0.1) is 5.92 Å². The topological polar surface area (TPSA) is 37.3 Å². The molecule has 0 atom stereocenters. The van der Waals surface area contributed by atoms with Gasteiger partial charge >= 0.3 is 5.97 Å². The largest absolute Gasteiger partial charge is 0.481 e. The van der Waals surface area contributed by atoms with E-state index in [1.165, 1.54) is 19.3 Å². The number of carboxylic acid groups (broad SMARTS) is 1. The molecule has 13 heavy (non-hydrogen) atoms. The van der Waals surface area contributed by atoms with Crippen LogP contribution in [0.25, 0.3) is 0 Å². The first-order valence-corrected chi connectivity index (χ1v) is 4.53. The predicted octanol–water partition coefficient (Wildman–Crippen LogP) is 3.28. The van der Waals surface area contributed by atoms with Gasteiger partial charge in [0.1, 0.15) is 0 Å². The lowest BCUT2D eigenvalue weighted by atomic mass is 9.91. The van der Waals surface area contributed by atoms with Crippen molar-refractivity contribution in [2.45, 2.75) is 44.9 Å². The van der Waals surface area contributed by atoms with Gasteiger partial charge in [-0.3, -0.25) is 4.79 Å². The summed E-state index contributed by atoms with van der Waals surface area (Å²) >= 11 is 0. The highest BCUT2D eigenvalue weighted by Crippen LogP contribution is 2.21. The molecule has 1 saturated carbocycles. The fraction of sp³-hybridized carbons (Fsp3) is 0.889. The van der Waals surface area contributed by atoms with Crippen molar-refractivity contribution in [1.29, 1.82) is 0 Å². The van der Waals surface area contributed by atoms with Gasteiger partial charge in [-0.15, -0.1) is 24.8 Å². The zero-order chi connectivity index (χ0) is 8.10. The van der Waals surface area contributed by atoms with Gasteiger partial charge in [0, 0.05) is 0 Å². The van der Waals surface area contributed by atoms with E-state index in [1.54, 1.807) is 0 Å². The molecule has 1 rings (SSSR count). The lowest BCUT2D eigenvalue weighted by molar-refractivity contribution is -0.142. The molecule has 0 amide bonds. The molecule has 1 aliphatic carbocycles. The smallest absolute Gasteiger partial charge is 0.306 e. The molecule has 0 aromatic heterocycles. The van der Waals surface area contributed by atoms with E-state index < -0.39 is 5.97 Å². The van der Waals surface area contributed by atoms with Crippen molar-refractivity contribution in [3.8, 4) is 0 Å². The van der Waals surface area contributed by atoms with Crippen molar-refractivity contribution < 1.29 is 9.90 Å². The Bertz CT molecular complexity index is 132. The third-order valence-corrected chi connectivity index (χ3v) is 2.45. The van der Waals surface area contributed by atoms with Crippen LogP contribution in [0.5, 0.6) is 0 Å². The Labute approximate surface area is 91.9 Å². The fourth-order valence-electron chi connectivity index (χ4n) is 1.70. The fourth-order valence-corrected chi connectivity index (χ4v) is 1.70. The van der Waals surface area contributed by atoms with E-state index in [1.807, 2.05) is 0 Å². The maximum absolute atomic E-state index is 10.6. The van der Waals surface area contributed by atoms with Crippen LogP contribution < -0.4 is 0 Å². The van der Waals surface area contributed by atoms with Gasteiger partial charge in [0.15, 0.2) is 0 Å². The van der Waals surface area contributed by atoms with Gasteiger partial charge in [-0.2, -0.15) is 0 Å². The molecule has 2 nitrogen and oxygen atoms in total. The molecule has 80 valence electrons. The van der Waals surface area contributed by atoms with E-state index in [0.29, 0.717) is 0 Å². The number of carbonyl (C=O) groups is 1. The molecule has 0 unspecified atom stereocenters. The summed E-state index contributed by atoms with van der Waals surface area (Å²) in [5.41, 5.74) is 0. The summed E-state index contributed by atoms with van der Waals surface area (Å²) in [5, 5.41) is 8.76. The normalized spacial score (nSPS) is 18.8. The van der Waals surface area contributed by atoms with Crippen molar-refractivity contribution >= 4 is 30.8 Å². The third-order valence-electron chi connectivity index (χ3n) is 2.45. The van der Waals surface area contributed by atoms with Crippen LogP contribution in [0.1, 0.15) is 44.9 Å². The van der Waals surface area contributed by atoms with Crippen molar-refractivity contribution in [3.63, 3.8) is 0 Å². The SMILES string of the molecule is Cl.Cl.O=C(O)C1CCCCCCC1. The van der Waals surface area contributed by atoms with Crippen LogP contribution in [0.4, 0.5) is 0 Å². The van der Waals surface area contributed by atoms with Gasteiger partial charge in [0.05, 0.1) is 5.92 Å². The maximum Gasteiger partial charge on any atom is 0.306 e. The van der Waals surface area contributed by atoms with E-state index in [-0.39, 0.29) is 30.7 Å². The minimum atomic E-state index is -0.591.